The van der Waals surface area contributed by atoms with Gasteiger partial charge in [-0.3, -0.25) is 4.90 Å². The van der Waals surface area contributed by atoms with Crippen LogP contribution in [0.25, 0.3) is 22.3 Å². The van der Waals surface area contributed by atoms with E-state index in [1.165, 1.54) is 26.2 Å². The molecule has 0 N–H and O–H groups in total. The van der Waals surface area contributed by atoms with E-state index in [9.17, 15) is 53.9 Å². The van der Waals surface area contributed by atoms with E-state index in [1.807, 2.05) is 0 Å². The molecule has 1 aliphatic rings. The number of alkyl halides is 9. The maximum Gasteiger partial charge on any atom is 0.416 e. The zero-order valence-corrected chi connectivity index (χ0v) is 29.2. The van der Waals surface area contributed by atoms with Crippen LogP contribution in [-0.2, 0) is 44.1 Å². The van der Waals surface area contributed by atoms with Crippen molar-refractivity contribution in [3.8, 4) is 28.0 Å². The molecule has 8 nitrogen and oxygen atoms in total. The number of ether oxygens (including phenoxy) is 4. The van der Waals surface area contributed by atoms with Gasteiger partial charge in [-0.15, -0.1) is 0 Å². The van der Waals surface area contributed by atoms with Crippen LogP contribution in [0.15, 0.2) is 72.8 Å². The zero-order valence-electron chi connectivity index (χ0n) is 29.2. The minimum absolute atomic E-state index is 0.0728. The topological polar surface area (TPSA) is 91.4 Å². The van der Waals surface area contributed by atoms with Gasteiger partial charge in [0, 0.05) is 5.56 Å². The third kappa shape index (κ3) is 8.81. The molecule has 0 spiro atoms. The number of carbonyl (C=O) groups is 3. The van der Waals surface area contributed by atoms with Gasteiger partial charge >= 0.3 is 36.6 Å². The number of benzene rings is 4. The molecule has 2 atom stereocenters. The first-order valence-electron chi connectivity index (χ1n) is 16.1. The van der Waals surface area contributed by atoms with Crippen molar-refractivity contribution in [3.05, 3.63) is 112 Å². The Labute approximate surface area is 307 Å². The molecule has 0 aliphatic carbocycles. The Bertz CT molecular complexity index is 2090. The van der Waals surface area contributed by atoms with Crippen LogP contribution in [0.1, 0.15) is 56.8 Å². The van der Waals surface area contributed by atoms with Crippen LogP contribution in [-0.4, -0.2) is 49.8 Å². The SMILES string of the molecule is COC(=O)COC(=O)c1ccc(-c2ccc(OC)c(-c3ccc(C(F)(F)F)cc3CN3C(=O)O[C@H](c4cc(C(F)(F)F)cc(C(F)(F)F)c4)[C@@H]3C)c2)c(C)c1. The lowest BCUT2D eigenvalue weighted by Crippen LogP contribution is -2.32. The first-order chi connectivity index (χ1) is 25.6. The van der Waals surface area contributed by atoms with Crippen LogP contribution in [0.3, 0.4) is 0 Å². The van der Waals surface area contributed by atoms with Crippen LogP contribution in [0.5, 0.6) is 5.75 Å². The second-order valence-electron chi connectivity index (χ2n) is 12.5. The summed E-state index contributed by atoms with van der Waals surface area (Å²) in [4.78, 5) is 37.9. The summed E-state index contributed by atoms with van der Waals surface area (Å²) < 4.78 is 144. The molecule has 4 aromatic rings. The maximum atomic E-state index is 14.0. The average Bonchev–Trinajstić information content (AvgIpc) is 3.40. The van der Waals surface area contributed by atoms with Gasteiger partial charge in [0.1, 0.15) is 11.9 Å². The highest BCUT2D eigenvalue weighted by atomic mass is 19.4. The summed E-state index contributed by atoms with van der Waals surface area (Å²) >= 11 is 0. The largest absolute Gasteiger partial charge is 0.496 e. The summed E-state index contributed by atoms with van der Waals surface area (Å²) in [6.45, 7) is 1.76. The predicted molar refractivity (Wildman–Crippen MR) is 177 cm³/mol. The van der Waals surface area contributed by atoms with Gasteiger partial charge in [-0.1, -0.05) is 18.2 Å². The van der Waals surface area contributed by atoms with Gasteiger partial charge in [-0.25, -0.2) is 14.4 Å². The minimum atomic E-state index is -5.18. The second kappa shape index (κ2) is 15.2. The molecular formula is C38H30F9NO7. The number of halogens is 9. The van der Waals surface area contributed by atoms with Gasteiger partial charge < -0.3 is 18.9 Å². The molecule has 1 amide bonds. The Hall–Kier alpha value is -5.74. The average molecular weight is 784 g/mol. The lowest BCUT2D eigenvalue weighted by atomic mass is 9.91. The molecule has 17 heteroatoms. The molecule has 55 heavy (non-hydrogen) atoms. The third-order valence-electron chi connectivity index (χ3n) is 8.92. The van der Waals surface area contributed by atoms with Crippen molar-refractivity contribution in [3.63, 3.8) is 0 Å². The smallest absolute Gasteiger partial charge is 0.416 e. The van der Waals surface area contributed by atoms with Crippen LogP contribution < -0.4 is 4.74 Å². The highest BCUT2D eigenvalue weighted by molar-refractivity contribution is 5.92. The van der Waals surface area contributed by atoms with E-state index in [-0.39, 0.29) is 34.1 Å². The summed E-state index contributed by atoms with van der Waals surface area (Å²) in [7, 11) is 2.45. The molecule has 0 radical (unpaired) electrons. The van der Waals surface area contributed by atoms with Crippen molar-refractivity contribution in [1.29, 1.82) is 0 Å². The lowest BCUT2D eigenvalue weighted by Gasteiger charge is -2.24. The normalized spacial score (nSPS) is 16.2. The summed E-state index contributed by atoms with van der Waals surface area (Å²) in [5, 5.41) is 0. The minimum Gasteiger partial charge on any atom is -0.496 e. The highest BCUT2D eigenvalue weighted by Gasteiger charge is 2.44. The summed E-state index contributed by atoms with van der Waals surface area (Å²) in [5.74, 6) is -1.36. The van der Waals surface area contributed by atoms with Crippen LogP contribution >= 0.6 is 0 Å². The first kappa shape index (κ1) is 40.4. The maximum absolute atomic E-state index is 14.0. The first-order valence-corrected chi connectivity index (χ1v) is 16.1. The van der Waals surface area contributed by atoms with Gasteiger partial charge in [0.05, 0.1) is 49.1 Å². The molecule has 0 bridgehead atoms. The van der Waals surface area contributed by atoms with Crippen LogP contribution in [0.4, 0.5) is 44.3 Å². The molecule has 292 valence electrons. The highest BCUT2D eigenvalue weighted by Crippen LogP contribution is 2.44. The Kier molecular flexibility index (Phi) is 11.2. The Morgan fingerprint density at radius 3 is 1.93 bits per heavy atom. The molecule has 1 saturated heterocycles. The third-order valence-corrected chi connectivity index (χ3v) is 8.92. The van der Waals surface area contributed by atoms with Gasteiger partial charge in [0.2, 0.25) is 0 Å². The number of nitrogens with zero attached hydrogens (tertiary/aromatic N) is 1. The predicted octanol–water partition coefficient (Wildman–Crippen LogP) is 9.81. The van der Waals surface area contributed by atoms with Crippen molar-refractivity contribution in [2.45, 2.75) is 51.1 Å². The molecule has 1 aliphatic heterocycles. The van der Waals surface area contributed by atoms with Crippen LogP contribution in [0.2, 0.25) is 0 Å². The molecule has 0 saturated carbocycles. The molecule has 1 fully saturated rings. The van der Waals surface area contributed by atoms with Gasteiger partial charge in [-0.05, 0) is 102 Å². The van der Waals surface area contributed by atoms with Crippen molar-refractivity contribution in [2.75, 3.05) is 20.8 Å². The van der Waals surface area contributed by atoms with E-state index in [2.05, 4.69) is 4.74 Å². The lowest BCUT2D eigenvalue weighted by molar-refractivity contribution is -0.144. The molecule has 1 heterocycles. The molecule has 4 aromatic carbocycles. The number of aryl methyl sites for hydroxylation is 1. The number of amides is 1. The van der Waals surface area contributed by atoms with E-state index in [0.29, 0.717) is 28.8 Å². The monoisotopic (exact) mass is 783 g/mol. The summed E-state index contributed by atoms with van der Waals surface area (Å²) in [6, 6.07) is 11.6. The Morgan fingerprint density at radius 1 is 0.745 bits per heavy atom. The Balaban J connectivity index is 1.55. The quantitative estimate of drug-likeness (QED) is 0.0949. The van der Waals surface area contributed by atoms with E-state index in [0.717, 1.165) is 30.2 Å². The molecular weight excluding hydrogens is 753 g/mol. The summed E-state index contributed by atoms with van der Waals surface area (Å²) in [5.41, 5.74) is -2.87. The van der Waals surface area contributed by atoms with E-state index in [1.54, 1.807) is 31.2 Å². The number of hydrogen-bond donors (Lipinski definition) is 0. The second-order valence-corrected chi connectivity index (χ2v) is 12.5. The number of methoxy groups -OCH3 is 2. The van der Waals surface area contributed by atoms with E-state index < -0.39 is 84.1 Å². The molecule has 0 unspecified atom stereocenters. The van der Waals surface area contributed by atoms with Gasteiger partial charge in [0.15, 0.2) is 6.61 Å². The number of rotatable bonds is 9. The van der Waals surface area contributed by atoms with Crippen molar-refractivity contribution < 1.29 is 72.8 Å². The standard InChI is InChI=1S/C38H30F9NO7/c1-19-11-22(34(50)54-18-32(49)53-4)5-8-28(19)21-6-10-31(52-3)30(15-21)29-9-7-25(36(39,40)41)14-24(29)17-48-20(2)33(55-35(48)51)23-12-26(37(42,43)44)16-27(13-23)38(45,46)47/h5-16,20,33H,17-18H2,1-4H3/t20-,33-/m0/s1. The number of cyclic esters (lactones) is 1. The fourth-order valence-electron chi connectivity index (χ4n) is 6.12. The van der Waals surface area contributed by atoms with Gasteiger partial charge in [-0.2, -0.15) is 39.5 Å². The number of carbonyl (C=O) groups excluding carboxylic acids is 3. The zero-order chi connectivity index (χ0) is 40.6. The van der Waals surface area contributed by atoms with Crippen molar-refractivity contribution >= 4 is 18.0 Å². The van der Waals surface area contributed by atoms with Crippen molar-refractivity contribution in [2.24, 2.45) is 0 Å². The van der Waals surface area contributed by atoms with E-state index >= 15 is 0 Å². The van der Waals surface area contributed by atoms with Gasteiger partial charge in [0.25, 0.3) is 0 Å². The van der Waals surface area contributed by atoms with E-state index in [4.69, 9.17) is 14.2 Å². The molecule has 5 rings (SSSR count). The Morgan fingerprint density at radius 2 is 1.36 bits per heavy atom. The molecule has 0 aromatic heterocycles. The summed E-state index contributed by atoms with van der Waals surface area (Å²) in [6.07, 6.45) is -18.0. The fraction of sp³-hybridized carbons (Fsp3) is 0.289. The number of hydrogen-bond acceptors (Lipinski definition) is 7. The van der Waals surface area contributed by atoms with Crippen molar-refractivity contribution in [1.82, 2.24) is 4.90 Å². The van der Waals surface area contributed by atoms with Crippen LogP contribution in [0, 0.1) is 6.92 Å². The number of esters is 2. The fourth-order valence-corrected chi connectivity index (χ4v) is 6.12.